The van der Waals surface area contributed by atoms with Crippen molar-refractivity contribution in [1.82, 2.24) is 10.3 Å². The highest BCUT2D eigenvalue weighted by molar-refractivity contribution is 7.91. The number of nitriles is 1. The van der Waals surface area contributed by atoms with Gasteiger partial charge in [-0.15, -0.1) is 0 Å². The predicted molar refractivity (Wildman–Crippen MR) is 146 cm³/mol. The van der Waals surface area contributed by atoms with Crippen LogP contribution in [-0.4, -0.2) is 43.3 Å². The first-order valence-corrected chi connectivity index (χ1v) is 14.7. The second-order valence-electron chi connectivity index (χ2n) is 9.79. The Morgan fingerprint density at radius 1 is 1.20 bits per heavy atom. The number of carbonyl (C=O) groups is 1. The van der Waals surface area contributed by atoms with E-state index in [0.717, 1.165) is 23.4 Å². The molecule has 1 amide bonds. The third-order valence-electron chi connectivity index (χ3n) is 7.26. The summed E-state index contributed by atoms with van der Waals surface area (Å²) < 4.78 is 63.7. The molecule has 2 heterocycles. The van der Waals surface area contributed by atoms with Crippen molar-refractivity contribution in [2.75, 3.05) is 23.8 Å². The number of aromatic nitrogens is 1. The molecule has 1 unspecified atom stereocenters. The zero-order valence-corrected chi connectivity index (χ0v) is 23.3. The number of pyridine rings is 1. The van der Waals surface area contributed by atoms with Crippen LogP contribution in [0, 0.1) is 11.3 Å². The van der Waals surface area contributed by atoms with E-state index in [1.807, 2.05) is 19.1 Å². The zero-order valence-electron chi connectivity index (χ0n) is 22.4. The first-order valence-electron chi connectivity index (χ1n) is 13.0. The second-order valence-corrected chi connectivity index (χ2v) is 12.1. The number of nitrogens with zero attached hydrogens (tertiary/aromatic N) is 3. The molecule has 2 aromatic carbocycles. The smallest absolute Gasteiger partial charge is 0.394 e. The van der Waals surface area contributed by atoms with Gasteiger partial charge in [0.15, 0.2) is 9.84 Å². The van der Waals surface area contributed by atoms with Gasteiger partial charge in [0.2, 0.25) is 0 Å². The van der Waals surface area contributed by atoms with E-state index in [1.165, 1.54) is 12.1 Å². The number of alkyl halides is 3. The number of nitrogens with one attached hydrogen (secondary N) is 1. The van der Waals surface area contributed by atoms with Gasteiger partial charge in [0.05, 0.1) is 34.4 Å². The van der Waals surface area contributed by atoms with Gasteiger partial charge in [-0.3, -0.25) is 4.79 Å². The van der Waals surface area contributed by atoms with Crippen LogP contribution in [0.15, 0.2) is 59.6 Å². The summed E-state index contributed by atoms with van der Waals surface area (Å²) in [5.74, 6) is -0.371. The Morgan fingerprint density at radius 2 is 1.90 bits per heavy atom. The fourth-order valence-corrected chi connectivity index (χ4v) is 5.81. The Morgan fingerprint density at radius 3 is 2.49 bits per heavy atom. The number of aliphatic hydroxyl groups excluding tert-OH is 1. The van der Waals surface area contributed by atoms with Gasteiger partial charge in [-0.25, -0.2) is 13.4 Å². The van der Waals surface area contributed by atoms with Gasteiger partial charge < -0.3 is 15.3 Å². The first kappa shape index (κ1) is 30.0. The van der Waals surface area contributed by atoms with Gasteiger partial charge in [0.1, 0.15) is 11.9 Å². The van der Waals surface area contributed by atoms with Crippen LogP contribution < -0.4 is 10.2 Å². The Hall–Kier alpha value is -3.95. The molecule has 0 fully saturated rings. The number of hydrogen-bond donors (Lipinski definition) is 2. The van der Waals surface area contributed by atoms with Gasteiger partial charge in [-0.1, -0.05) is 32.0 Å². The largest absolute Gasteiger partial charge is 0.417 e. The molecule has 1 aliphatic rings. The molecule has 1 aromatic heterocycles. The molecule has 0 radical (unpaired) electrons. The quantitative estimate of drug-likeness (QED) is 0.391. The van der Waals surface area contributed by atoms with Crippen LogP contribution in [0.3, 0.4) is 0 Å². The summed E-state index contributed by atoms with van der Waals surface area (Å²) in [4.78, 5) is 19.1. The molecule has 3 aromatic rings. The highest BCUT2D eigenvalue weighted by Gasteiger charge is 2.33. The SMILES string of the molecule is CC[C@@H]1CN(c2ncc(C(F)(F)F)cc2C#N)Cc2cc(C(=O)NC(CO)c3ccc(S(=O)(=O)CC)cc3)ccc21. The standard InChI is InChI=1S/C29H29F3N4O4S/c1-3-18-15-36(27-21(13-33)12-23(14-34-27)29(30,31)32)16-22-11-20(7-10-25(18)22)28(38)35-26(17-37)19-5-8-24(9-6-19)41(39,40)4-2/h5-12,14,18,26,37H,3-4,15-17H2,1-2H3,(H,35,38)/t18-,26?/m1/s1. The number of benzene rings is 2. The summed E-state index contributed by atoms with van der Waals surface area (Å²) in [6.45, 7) is 3.78. The molecule has 4 rings (SSSR count). The molecule has 1 aliphatic heterocycles. The molecule has 12 heteroatoms. The minimum Gasteiger partial charge on any atom is -0.394 e. The average molecular weight is 587 g/mol. The van der Waals surface area contributed by atoms with E-state index in [0.29, 0.717) is 24.1 Å². The monoisotopic (exact) mass is 586 g/mol. The summed E-state index contributed by atoms with van der Waals surface area (Å²) >= 11 is 0. The van der Waals surface area contributed by atoms with E-state index in [-0.39, 0.29) is 34.5 Å². The van der Waals surface area contributed by atoms with E-state index in [1.54, 1.807) is 36.1 Å². The van der Waals surface area contributed by atoms with E-state index in [9.17, 15) is 36.8 Å². The number of fused-ring (bicyclic) bond motifs is 1. The van der Waals surface area contributed by atoms with Crippen LogP contribution in [0.5, 0.6) is 0 Å². The lowest BCUT2D eigenvalue weighted by Crippen LogP contribution is -2.35. The van der Waals surface area contributed by atoms with E-state index < -0.39 is 40.1 Å². The third kappa shape index (κ3) is 6.36. The summed E-state index contributed by atoms with van der Waals surface area (Å²) in [5, 5.41) is 22.3. The van der Waals surface area contributed by atoms with Crippen molar-refractivity contribution >= 4 is 21.6 Å². The number of carbonyl (C=O) groups excluding carboxylic acids is 1. The van der Waals surface area contributed by atoms with Crippen molar-refractivity contribution in [2.45, 2.75) is 49.8 Å². The van der Waals surface area contributed by atoms with Crippen LogP contribution in [-0.2, 0) is 22.6 Å². The highest BCUT2D eigenvalue weighted by Crippen LogP contribution is 2.36. The van der Waals surface area contributed by atoms with Crippen molar-refractivity contribution in [3.63, 3.8) is 0 Å². The number of anilines is 1. The van der Waals surface area contributed by atoms with Gasteiger partial charge in [0.25, 0.3) is 5.91 Å². The number of hydrogen-bond acceptors (Lipinski definition) is 7. The van der Waals surface area contributed by atoms with Gasteiger partial charge in [0, 0.05) is 30.8 Å². The van der Waals surface area contributed by atoms with Gasteiger partial charge >= 0.3 is 6.18 Å². The van der Waals surface area contributed by atoms with Crippen molar-refractivity contribution in [2.24, 2.45) is 0 Å². The molecule has 2 atom stereocenters. The minimum absolute atomic E-state index is 0.00500. The summed E-state index contributed by atoms with van der Waals surface area (Å²) in [6.07, 6.45) is -3.19. The maximum atomic E-state index is 13.2. The maximum Gasteiger partial charge on any atom is 0.417 e. The molecule has 8 nitrogen and oxygen atoms in total. The molecule has 0 saturated carbocycles. The highest BCUT2D eigenvalue weighted by atomic mass is 32.2. The molecule has 0 bridgehead atoms. The minimum atomic E-state index is -4.62. The number of sulfone groups is 1. The lowest BCUT2D eigenvalue weighted by molar-refractivity contribution is -0.137. The van der Waals surface area contributed by atoms with Crippen LogP contribution in [0.2, 0.25) is 0 Å². The maximum absolute atomic E-state index is 13.2. The fraction of sp³-hybridized carbons (Fsp3) is 0.345. The molecular formula is C29H29F3N4O4S. The summed E-state index contributed by atoms with van der Waals surface area (Å²) in [7, 11) is -3.39. The molecule has 216 valence electrons. The van der Waals surface area contributed by atoms with E-state index in [2.05, 4.69) is 10.3 Å². The summed E-state index contributed by atoms with van der Waals surface area (Å²) in [5.41, 5.74) is 1.43. The molecule has 0 saturated heterocycles. The fourth-order valence-electron chi connectivity index (χ4n) is 4.92. The van der Waals surface area contributed by atoms with Crippen LogP contribution in [0.4, 0.5) is 19.0 Å². The molecule has 41 heavy (non-hydrogen) atoms. The normalized spacial score (nSPS) is 16.0. The van der Waals surface area contributed by atoms with Crippen molar-refractivity contribution in [3.8, 4) is 6.07 Å². The molecule has 0 spiro atoms. The number of aliphatic hydroxyl groups is 1. The molecule has 2 N–H and O–H groups in total. The third-order valence-corrected chi connectivity index (χ3v) is 9.01. The van der Waals surface area contributed by atoms with Crippen LogP contribution in [0.1, 0.15) is 70.4 Å². The Labute approximate surface area is 236 Å². The Balaban J connectivity index is 1.59. The second kappa shape index (κ2) is 11.9. The zero-order chi connectivity index (χ0) is 29.9. The number of halogens is 3. The first-order chi connectivity index (χ1) is 19.4. The topological polar surface area (TPSA) is 123 Å². The van der Waals surface area contributed by atoms with Crippen LogP contribution in [0.25, 0.3) is 0 Å². The van der Waals surface area contributed by atoms with E-state index >= 15 is 0 Å². The Bertz CT molecular complexity index is 1590. The van der Waals surface area contributed by atoms with Gasteiger partial charge in [-0.2, -0.15) is 18.4 Å². The molecular weight excluding hydrogens is 557 g/mol. The number of amides is 1. The lowest BCUT2D eigenvalue weighted by Gasteiger charge is -2.36. The van der Waals surface area contributed by atoms with Crippen LogP contribution >= 0.6 is 0 Å². The van der Waals surface area contributed by atoms with Crippen molar-refractivity contribution in [1.29, 1.82) is 5.26 Å². The van der Waals surface area contributed by atoms with Crippen molar-refractivity contribution < 1.29 is 31.5 Å². The number of rotatable bonds is 8. The predicted octanol–water partition coefficient (Wildman–Crippen LogP) is 4.74. The lowest BCUT2D eigenvalue weighted by atomic mass is 9.86. The van der Waals surface area contributed by atoms with E-state index in [4.69, 9.17) is 0 Å². The van der Waals surface area contributed by atoms with Gasteiger partial charge in [-0.05, 0) is 53.4 Å². The average Bonchev–Trinajstić information content (AvgIpc) is 2.98. The molecule has 0 aliphatic carbocycles. The summed E-state index contributed by atoms with van der Waals surface area (Å²) in [6, 6.07) is 13.0. The van der Waals surface area contributed by atoms with Crippen molar-refractivity contribution in [3.05, 3.63) is 88.1 Å². The Kier molecular flexibility index (Phi) is 8.70.